The van der Waals surface area contributed by atoms with E-state index in [1.54, 1.807) is 0 Å². The molecule has 7 heteroatoms. The normalized spacial score (nSPS) is 18.9. The van der Waals surface area contributed by atoms with Crippen LogP contribution in [0.15, 0.2) is 4.52 Å². The first kappa shape index (κ1) is 17.4. The van der Waals surface area contributed by atoms with Crippen molar-refractivity contribution < 1.29 is 17.7 Å². The molecule has 0 bridgehead atoms. The summed E-state index contributed by atoms with van der Waals surface area (Å²) in [5.41, 5.74) is 1.30. The van der Waals surface area contributed by atoms with Gasteiger partial charge in [0.1, 0.15) is 5.76 Å². The fourth-order valence-electron chi connectivity index (χ4n) is 3.04. The van der Waals surface area contributed by atoms with Crippen LogP contribution in [0.2, 0.25) is 0 Å². The molecule has 6 nitrogen and oxygen atoms in total. The van der Waals surface area contributed by atoms with E-state index in [0.717, 1.165) is 36.3 Å². The van der Waals surface area contributed by atoms with Gasteiger partial charge in [0, 0.05) is 18.2 Å². The molecule has 0 saturated heterocycles. The maximum Gasteiger partial charge on any atom is 0.214 e. The second kappa shape index (κ2) is 6.68. The summed E-state index contributed by atoms with van der Waals surface area (Å²) in [5.74, 6) is 0.785. The van der Waals surface area contributed by atoms with Gasteiger partial charge in [-0.05, 0) is 53.4 Å². The van der Waals surface area contributed by atoms with Crippen LogP contribution in [0.5, 0.6) is 0 Å². The molecule has 1 aliphatic rings. The lowest BCUT2D eigenvalue weighted by atomic mass is 9.82. The third-order valence-electron chi connectivity index (χ3n) is 4.24. The lowest BCUT2D eigenvalue weighted by Gasteiger charge is -2.41. The van der Waals surface area contributed by atoms with Crippen molar-refractivity contribution in [3.8, 4) is 0 Å². The van der Waals surface area contributed by atoms with Gasteiger partial charge in [-0.1, -0.05) is 5.16 Å². The van der Waals surface area contributed by atoms with Crippen LogP contribution in [0.4, 0.5) is 0 Å². The average Bonchev–Trinajstić information content (AvgIpc) is 2.67. The number of hydrogen-bond acceptors (Lipinski definition) is 5. The van der Waals surface area contributed by atoms with E-state index in [-0.39, 0.29) is 11.8 Å². The number of nitrogens with one attached hydrogen (secondary N) is 1. The van der Waals surface area contributed by atoms with Crippen molar-refractivity contribution >= 4 is 10.0 Å². The summed E-state index contributed by atoms with van der Waals surface area (Å²) in [6.07, 6.45) is 3.24. The van der Waals surface area contributed by atoms with Crippen LogP contribution in [0, 0.1) is 13.8 Å². The molecule has 1 fully saturated rings. The highest BCUT2D eigenvalue weighted by molar-refractivity contribution is 7.89. The molecule has 0 amide bonds. The van der Waals surface area contributed by atoms with Gasteiger partial charge in [0.2, 0.25) is 10.0 Å². The Labute approximate surface area is 132 Å². The van der Waals surface area contributed by atoms with E-state index in [0.29, 0.717) is 13.0 Å². The van der Waals surface area contributed by atoms with Crippen molar-refractivity contribution in [1.29, 1.82) is 0 Å². The Balaban J connectivity index is 1.96. The molecule has 1 heterocycles. The molecule has 1 atom stereocenters. The van der Waals surface area contributed by atoms with Crippen molar-refractivity contribution in [2.45, 2.75) is 65.0 Å². The minimum absolute atomic E-state index is 0.0414. The van der Waals surface area contributed by atoms with Gasteiger partial charge in [0.15, 0.2) is 0 Å². The van der Waals surface area contributed by atoms with Crippen LogP contribution in [0.25, 0.3) is 0 Å². The highest BCUT2D eigenvalue weighted by Crippen LogP contribution is 2.36. The Morgan fingerprint density at radius 2 is 2.09 bits per heavy atom. The first-order chi connectivity index (χ1) is 10.3. The highest BCUT2D eigenvalue weighted by atomic mass is 32.2. The summed E-state index contributed by atoms with van der Waals surface area (Å²) < 4.78 is 38.3. The van der Waals surface area contributed by atoms with Crippen LogP contribution in [0.3, 0.4) is 0 Å². The third-order valence-corrected chi connectivity index (χ3v) is 5.91. The van der Waals surface area contributed by atoms with Gasteiger partial charge in [-0.2, -0.15) is 0 Å². The summed E-state index contributed by atoms with van der Waals surface area (Å²) >= 11 is 0. The van der Waals surface area contributed by atoms with Gasteiger partial charge in [0.05, 0.1) is 17.0 Å². The van der Waals surface area contributed by atoms with Crippen LogP contribution < -0.4 is 4.72 Å². The Hall–Kier alpha value is -0.920. The Kier molecular flexibility index (Phi) is 5.29. The van der Waals surface area contributed by atoms with Crippen LogP contribution in [0.1, 0.15) is 50.1 Å². The van der Waals surface area contributed by atoms with E-state index in [2.05, 4.69) is 9.88 Å². The Bertz CT molecular complexity index is 586. The third kappa shape index (κ3) is 4.08. The lowest BCUT2D eigenvalue weighted by Crippen LogP contribution is -2.50. The zero-order valence-electron chi connectivity index (χ0n) is 13.8. The van der Waals surface area contributed by atoms with Gasteiger partial charge in [-0.15, -0.1) is 0 Å². The Morgan fingerprint density at radius 1 is 1.41 bits per heavy atom. The summed E-state index contributed by atoms with van der Waals surface area (Å²) in [6, 6.07) is -0.208. The second-order valence-corrected chi connectivity index (χ2v) is 8.01. The monoisotopic (exact) mass is 330 g/mol. The summed E-state index contributed by atoms with van der Waals surface area (Å²) in [5, 5.41) is 3.90. The van der Waals surface area contributed by atoms with E-state index in [1.807, 2.05) is 27.7 Å². The number of nitrogens with zero attached hydrogens (tertiary/aromatic N) is 1. The van der Waals surface area contributed by atoms with Crippen molar-refractivity contribution in [2.75, 3.05) is 12.4 Å². The topological polar surface area (TPSA) is 81.4 Å². The number of aryl methyl sites for hydroxylation is 2. The number of sulfonamides is 1. The molecule has 0 aliphatic heterocycles. The van der Waals surface area contributed by atoms with Gasteiger partial charge >= 0.3 is 0 Å². The molecule has 1 N–H and O–H groups in total. The predicted molar refractivity (Wildman–Crippen MR) is 84.3 cm³/mol. The second-order valence-electron chi connectivity index (χ2n) is 6.25. The average molecular weight is 330 g/mol. The number of hydrogen-bond donors (Lipinski definition) is 1. The molecule has 0 aromatic carbocycles. The standard InChI is InChI=1S/C15H26N2O4S/c1-5-20-15(7-6-8-15)10-22(18,19)17-11(2)9-14-12(3)16-21-13(14)4/h11,17H,5-10H2,1-4H3. The largest absolute Gasteiger partial charge is 0.374 e. The van der Waals surface area contributed by atoms with Crippen molar-refractivity contribution in [1.82, 2.24) is 9.88 Å². The molecule has 1 aliphatic carbocycles. The van der Waals surface area contributed by atoms with E-state index >= 15 is 0 Å². The Morgan fingerprint density at radius 3 is 2.55 bits per heavy atom. The number of rotatable bonds is 8. The first-order valence-corrected chi connectivity index (χ1v) is 9.48. The first-order valence-electron chi connectivity index (χ1n) is 7.82. The van der Waals surface area contributed by atoms with E-state index < -0.39 is 15.6 Å². The zero-order chi connectivity index (χ0) is 16.4. The minimum atomic E-state index is -3.38. The smallest absolute Gasteiger partial charge is 0.214 e. The summed E-state index contributed by atoms with van der Waals surface area (Å²) in [7, 11) is -3.38. The van der Waals surface area contributed by atoms with E-state index in [9.17, 15) is 8.42 Å². The van der Waals surface area contributed by atoms with Gasteiger partial charge in [-0.3, -0.25) is 0 Å². The maximum absolute atomic E-state index is 12.4. The molecule has 126 valence electrons. The van der Waals surface area contributed by atoms with Gasteiger partial charge in [-0.25, -0.2) is 13.1 Å². The quantitative estimate of drug-likeness (QED) is 0.789. The molecule has 0 radical (unpaired) electrons. The molecule has 1 aromatic heterocycles. The fraction of sp³-hybridized carbons (Fsp3) is 0.800. The van der Waals surface area contributed by atoms with Crippen molar-refractivity contribution in [2.24, 2.45) is 0 Å². The lowest BCUT2D eigenvalue weighted by molar-refractivity contribution is -0.0770. The number of ether oxygens (including phenoxy) is 1. The SMILES string of the molecule is CCOC1(CS(=O)(=O)NC(C)Cc2c(C)noc2C)CCC1. The van der Waals surface area contributed by atoms with Crippen molar-refractivity contribution in [3.05, 3.63) is 17.0 Å². The van der Waals surface area contributed by atoms with Gasteiger partial charge < -0.3 is 9.26 Å². The maximum atomic E-state index is 12.4. The van der Waals surface area contributed by atoms with Crippen LogP contribution in [-0.4, -0.2) is 37.6 Å². The highest BCUT2D eigenvalue weighted by Gasteiger charge is 2.42. The fourth-order valence-corrected chi connectivity index (χ4v) is 4.89. The van der Waals surface area contributed by atoms with Crippen LogP contribution >= 0.6 is 0 Å². The molecule has 1 unspecified atom stereocenters. The van der Waals surface area contributed by atoms with Gasteiger partial charge in [0.25, 0.3) is 0 Å². The predicted octanol–water partition coefficient (Wildman–Crippen LogP) is 2.10. The number of aromatic nitrogens is 1. The molecular formula is C15H26N2O4S. The zero-order valence-corrected chi connectivity index (χ0v) is 14.6. The summed E-state index contributed by atoms with van der Waals surface area (Å²) in [6.45, 7) is 8.02. The minimum Gasteiger partial charge on any atom is -0.374 e. The van der Waals surface area contributed by atoms with E-state index in [4.69, 9.17) is 9.26 Å². The molecule has 1 saturated carbocycles. The van der Waals surface area contributed by atoms with Crippen LogP contribution in [-0.2, 0) is 21.2 Å². The molecule has 2 rings (SSSR count). The molecule has 22 heavy (non-hydrogen) atoms. The molecule has 1 aromatic rings. The molecular weight excluding hydrogens is 304 g/mol. The van der Waals surface area contributed by atoms with E-state index in [1.165, 1.54) is 0 Å². The summed E-state index contributed by atoms with van der Waals surface area (Å²) in [4.78, 5) is 0. The molecule has 0 spiro atoms. The van der Waals surface area contributed by atoms with Crippen molar-refractivity contribution in [3.63, 3.8) is 0 Å².